The average molecular weight is 488 g/mol. The number of carbonyl (C=O) groups is 2. The molecule has 1 aromatic heterocycles. The van der Waals surface area contributed by atoms with Crippen LogP contribution in [0.1, 0.15) is 36.7 Å². The summed E-state index contributed by atoms with van der Waals surface area (Å²) in [5, 5.41) is 3.34. The lowest BCUT2D eigenvalue weighted by Crippen LogP contribution is -2.30. The van der Waals surface area contributed by atoms with Crippen molar-refractivity contribution in [1.29, 1.82) is 0 Å². The van der Waals surface area contributed by atoms with Crippen molar-refractivity contribution in [3.63, 3.8) is 0 Å². The van der Waals surface area contributed by atoms with E-state index in [4.69, 9.17) is 15.2 Å². The Balaban J connectivity index is 0.00000306. The van der Waals surface area contributed by atoms with Crippen LogP contribution in [-0.4, -0.2) is 37.5 Å². The molecule has 0 fully saturated rings. The Morgan fingerprint density at radius 3 is 2.30 bits per heavy atom. The van der Waals surface area contributed by atoms with E-state index in [1.54, 1.807) is 18.2 Å². The molecule has 0 saturated heterocycles. The van der Waals surface area contributed by atoms with Crippen molar-refractivity contribution in [3.05, 3.63) is 75.7 Å². The van der Waals surface area contributed by atoms with E-state index in [-0.39, 0.29) is 18.0 Å². The van der Waals surface area contributed by atoms with Gasteiger partial charge in [-0.15, -0.1) is 23.7 Å². The van der Waals surface area contributed by atoms with E-state index in [1.165, 1.54) is 31.1 Å². The molecular weight excluding hydrogens is 462 g/mol. The number of benzene rings is 2. The van der Waals surface area contributed by atoms with Crippen LogP contribution in [0.5, 0.6) is 11.5 Å². The van der Waals surface area contributed by atoms with E-state index < -0.39 is 11.8 Å². The average Bonchev–Trinajstić information content (AvgIpc) is 3.16. The summed E-state index contributed by atoms with van der Waals surface area (Å²) in [7, 11) is 2.98. The molecule has 2 aromatic carbocycles. The van der Waals surface area contributed by atoms with E-state index in [9.17, 15) is 9.59 Å². The van der Waals surface area contributed by atoms with Crippen molar-refractivity contribution in [1.82, 2.24) is 4.90 Å². The van der Waals surface area contributed by atoms with Crippen LogP contribution in [0.4, 0.5) is 5.00 Å². The number of rotatable bonds is 7. The van der Waals surface area contributed by atoms with E-state index in [0.29, 0.717) is 35.0 Å². The number of hydrogen-bond acceptors (Lipinski definition) is 6. The summed E-state index contributed by atoms with van der Waals surface area (Å²) in [4.78, 5) is 28.8. The molecular formula is C24H26ClN3O4S. The fourth-order valence-corrected chi connectivity index (χ4v) is 5.31. The number of amides is 2. The molecule has 0 aliphatic carbocycles. The van der Waals surface area contributed by atoms with Gasteiger partial charge in [-0.05, 0) is 29.7 Å². The van der Waals surface area contributed by atoms with Crippen molar-refractivity contribution in [3.8, 4) is 11.5 Å². The highest BCUT2D eigenvalue weighted by Crippen LogP contribution is 2.38. The number of hydrogen-bond donors (Lipinski definition) is 2. The molecule has 0 radical (unpaired) electrons. The maximum Gasteiger partial charge on any atom is 0.263 e. The van der Waals surface area contributed by atoms with Gasteiger partial charge < -0.3 is 20.5 Å². The zero-order valence-electron chi connectivity index (χ0n) is 18.4. The second kappa shape index (κ2) is 10.7. The number of carbonyl (C=O) groups excluding carboxylic acids is 2. The Morgan fingerprint density at radius 2 is 1.70 bits per heavy atom. The molecule has 0 bridgehead atoms. The molecule has 3 aromatic rings. The number of nitrogens with one attached hydrogen (secondary N) is 1. The summed E-state index contributed by atoms with van der Waals surface area (Å²) in [6.07, 6.45) is 0.699. The Labute approximate surface area is 202 Å². The molecule has 4 rings (SSSR count). The Hall–Kier alpha value is -3.07. The molecule has 2 amide bonds. The van der Waals surface area contributed by atoms with Crippen LogP contribution in [0.2, 0.25) is 0 Å². The van der Waals surface area contributed by atoms with Gasteiger partial charge in [-0.25, -0.2) is 0 Å². The van der Waals surface area contributed by atoms with Crippen molar-refractivity contribution >= 4 is 40.6 Å². The molecule has 33 heavy (non-hydrogen) atoms. The summed E-state index contributed by atoms with van der Waals surface area (Å²) >= 11 is 1.40. The predicted octanol–water partition coefficient (Wildman–Crippen LogP) is 4.10. The van der Waals surface area contributed by atoms with Crippen molar-refractivity contribution in [2.24, 2.45) is 5.73 Å². The van der Waals surface area contributed by atoms with Gasteiger partial charge in [-0.3, -0.25) is 14.5 Å². The van der Waals surface area contributed by atoms with Gasteiger partial charge in [0.05, 0.1) is 19.8 Å². The monoisotopic (exact) mass is 487 g/mol. The van der Waals surface area contributed by atoms with E-state index in [0.717, 1.165) is 23.5 Å². The maximum atomic E-state index is 13.1. The molecule has 0 spiro atoms. The van der Waals surface area contributed by atoms with Crippen molar-refractivity contribution < 1.29 is 19.1 Å². The standard InChI is InChI=1S/C24H25N3O4S.ClH/c1-30-17-9-6-10-18(31-2)21(17)23(29)26-24-20(22(25)28)16-11-12-27(14-19(16)32-24)13-15-7-4-3-5-8-15;/h3-10H,11-14H2,1-2H3,(H2,25,28)(H,26,29);1H. The van der Waals surface area contributed by atoms with E-state index in [2.05, 4.69) is 22.3 Å². The van der Waals surface area contributed by atoms with Crippen LogP contribution in [-0.2, 0) is 19.5 Å². The summed E-state index contributed by atoms with van der Waals surface area (Å²) in [5.41, 5.74) is 8.55. The molecule has 0 saturated carbocycles. The molecule has 0 atom stereocenters. The fraction of sp³-hybridized carbons (Fsp3) is 0.250. The SMILES string of the molecule is COc1cccc(OC)c1C(=O)Nc1sc2c(c1C(N)=O)CCN(Cc1ccccc1)C2.Cl. The van der Waals surface area contributed by atoms with Gasteiger partial charge in [0.15, 0.2) is 0 Å². The highest BCUT2D eigenvalue weighted by Gasteiger charge is 2.29. The van der Waals surface area contributed by atoms with Gasteiger partial charge in [-0.1, -0.05) is 36.4 Å². The van der Waals surface area contributed by atoms with E-state index in [1.807, 2.05) is 18.2 Å². The molecule has 7 nitrogen and oxygen atoms in total. The van der Waals surface area contributed by atoms with Gasteiger partial charge in [0.1, 0.15) is 22.1 Å². The number of ether oxygens (including phenoxy) is 2. The topological polar surface area (TPSA) is 93.9 Å². The van der Waals surface area contributed by atoms with Crippen LogP contribution in [0.3, 0.4) is 0 Å². The number of anilines is 1. The fourth-order valence-electron chi connectivity index (χ4n) is 4.02. The smallest absolute Gasteiger partial charge is 0.263 e. The minimum atomic E-state index is -0.540. The maximum absolute atomic E-state index is 13.1. The van der Waals surface area contributed by atoms with Gasteiger partial charge in [0.2, 0.25) is 0 Å². The molecule has 2 heterocycles. The molecule has 0 unspecified atom stereocenters. The first-order valence-corrected chi connectivity index (χ1v) is 11.1. The second-order valence-corrected chi connectivity index (χ2v) is 8.62. The van der Waals surface area contributed by atoms with Crippen LogP contribution in [0.25, 0.3) is 0 Å². The number of primary amides is 1. The Bertz CT molecular complexity index is 1130. The highest BCUT2D eigenvalue weighted by atomic mass is 35.5. The van der Waals surface area contributed by atoms with Gasteiger partial charge in [0.25, 0.3) is 11.8 Å². The van der Waals surface area contributed by atoms with Gasteiger partial charge in [0, 0.05) is 24.5 Å². The number of thiophene rings is 1. The highest BCUT2D eigenvalue weighted by molar-refractivity contribution is 7.17. The summed E-state index contributed by atoms with van der Waals surface area (Å²) in [5.74, 6) is -0.182. The Kier molecular flexibility index (Phi) is 7.97. The van der Waals surface area contributed by atoms with E-state index >= 15 is 0 Å². The molecule has 9 heteroatoms. The minimum absolute atomic E-state index is 0. The molecule has 1 aliphatic rings. The summed E-state index contributed by atoms with van der Waals surface area (Å²) < 4.78 is 10.7. The summed E-state index contributed by atoms with van der Waals surface area (Å²) in [6, 6.07) is 15.4. The lowest BCUT2D eigenvalue weighted by atomic mass is 10.0. The minimum Gasteiger partial charge on any atom is -0.496 e. The molecule has 174 valence electrons. The third-order valence-corrected chi connectivity index (χ3v) is 6.65. The third-order valence-electron chi connectivity index (χ3n) is 5.51. The van der Waals surface area contributed by atoms with Gasteiger partial charge >= 0.3 is 0 Å². The van der Waals surface area contributed by atoms with Crippen molar-refractivity contribution in [2.75, 3.05) is 26.1 Å². The van der Waals surface area contributed by atoms with Crippen LogP contribution < -0.4 is 20.5 Å². The largest absolute Gasteiger partial charge is 0.496 e. The first kappa shape index (κ1) is 24.6. The normalized spacial score (nSPS) is 12.9. The quantitative estimate of drug-likeness (QED) is 0.523. The number of methoxy groups -OCH3 is 2. The van der Waals surface area contributed by atoms with Gasteiger partial charge in [-0.2, -0.15) is 0 Å². The zero-order valence-corrected chi connectivity index (χ0v) is 20.1. The summed E-state index contributed by atoms with van der Waals surface area (Å²) in [6.45, 7) is 2.33. The van der Waals surface area contributed by atoms with Crippen LogP contribution in [0.15, 0.2) is 48.5 Å². The Morgan fingerprint density at radius 1 is 1.03 bits per heavy atom. The lowest BCUT2D eigenvalue weighted by molar-refractivity contribution is 0.0999. The number of nitrogens with two attached hydrogens (primary N) is 1. The predicted molar refractivity (Wildman–Crippen MR) is 132 cm³/mol. The third kappa shape index (κ3) is 5.13. The first-order chi connectivity index (χ1) is 15.5. The van der Waals surface area contributed by atoms with Crippen molar-refractivity contribution in [2.45, 2.75) is 19.5 Å². The zero-order chi connectivity index (χ0) is 22.7. The lowest BCUT2D eigenvalue weighted by Gasteiger charge is -2.27. The number of halogens is 1. The van der Waals surface area contributed by atoms with Crippen LogP contribution >= 0.6 is 23.7 Å². The molecule has 1 aliphatic heterocycles. The first-order valence-electron chi connectivity index (χ1n) is 10.2. The number of fused-ring (bicyclic) bond motifs is 1. The number of nitrogens with zero attached hydrogens (tertiary/aromatic N) is 1. The molecule has 3 N–H and O–H groups in total. The van der Waals surface area contributed by atoms with Crippen LogP contribution in [0, 0.1) is 0 Å². The second-order valence-electron chi connectivity index (χ2n) is 7.51.